The Balaban J connectivity index is 2.13. The molecule has 2 aromatic rings. The van der Waals surface area contributed by atoms with E-state index < -0.39 is 6.04 Å². The van der Waals surface area contributed by atoms with E-state index in [9.17, 15) is 9.59 Å². The molecule has 138 valence electrons. The number of carbonyl (C=O) groups excluding carboxylic acids is 2. The third-order valence-electron chi connectivity index (χ3n) is 4.58. The average Bonchev–Trinajstić information content (AvgIpc) is 2.67. The standard InChI is InChI=1S/C22H28N2O2/c1-4-20(22(26)23-3)24(16-19-8-6-5-7-9-19)21(25)15-14-18-12-10-17(2)11-13-18/h5-13,20H,4,14-16H2,1-3H3,(H,23,26)/t20-/m0/s1. The molecular weight excluding hydrogens is 324 g/mol. The number of benzene rings is 2. The number of amides is 2. The molecule has 0 radical (unpaired) electrons. The quantitative estimate of drug-likeness (QED) is 0.791. The number of carbonyl (C=O) groups is 2. The van der Waals surface area contributed by atoms with Gasteiger partial charge in [-0.1, -0.05) is 67.1 Å². The molecule has 26 heavy (non-hydrogen) atoms. The van der Waals surface area contributed by atoms with Crippen molar-refractivity contribution in [3.63, 3.8) is 0 Å². The Bertz CT molecular complexity index is 711. The summed E-state index contributed by atoms with van der Waals surface area (Å²) in [5, 5.41) is 2.68. The zero-order chi connectivity index (χ0) is 18.9. The van der Waals surface area contributed by atoms with E-state index in [1.165, 1.54) is 5.56 Å². The zero-order valence-electron chi connectivity index (χ0n) is 15.9. The first-order valence-electron chi connectivity index (χ1n) is 9.15. The molecule has 0 bridgehead atoms. The third kappa shape index (κ3) is 5.45. The Morgan fingerprint density at radius 1 is 1.00 bits per heavy atom. The maximum atomic E-state index is 13.0. The van der Waals surface area contributed by atoms with Crippen LogP contribution in [0.5, 0.6) is 0 Å². The lowest BCUT2D eigenvalue weighted by Crippen LogP contribution is -2.48. The van der Waals surface area contributed by atoms with Gasteiger partial charge < -0.3 is 10.2 Å². The molecule has 0 aliphatic heterocycles. The summed E-state index contributed by atoms with van der Waals surface area (Å²) < 4.78 is 0. The Morgan fingerprint density at radius 2 is 1.65 bits per heavy atom. The molecule has 0 fully saturated rings. The smallest absolute Gasteiger partial charge is 0.242 e. The number of rotatable bonds is 8. The van der Waals surface area contributed by atoms with E-state index in [2.05, 4.69) is 29.6 Å². The predicted octanol–water partition coefficient (Wildman–Crippen LogP) is 3.48. The monoisotopic (exact) mass is 352 g/mol. The molecule has 0 aliphatic carbocycles. The van der Waals surface area contributed by atoms with Gasteiger partial charge in [-0.05, 0) is 30.9 Å². The van der Waals surface area contributed by atoms with Gasteiger partial charge in [0.05, 0.1) is 0 Å². The molecule has 1 atom stereocenters. The van der Waals surface area contributed by atoms with E-state index in [4.69, 9.17) is 0 Å². The van der Waals surface area contributed by atoms with Crippen molar-refractivity contribution in [1.82, 2.24) is 10.2 Å². The van der Waals surface area contributed by atoms with E-state index in [1.807, 2.05) is 44.2 Å². The van der Waals surface area contributed by atoms with Crippen LogP contribution in [0.3, 0.4) is 0 Å². The van der Waals surface area contributed by atoms with Crippen LogP contribution < -0.4 is 5.32 Å². The summed E-state index contributed by atoms with van der Waals surface area (Å²) in [5.41, 5.74) is 3.37. The van der Waals surface area contributed by atoms with E-state index in [-0.39, 0.29) is 11.8 Å². The van der Waals surface area contributed by atoms with Gasteiger partial charge in [0, 0.05) is 20.0 Å². The molecule has 0 spiro atoms. The summed E-state index contributed by atoms with van der Waals surface area (Å²) in [6, 6.07) is 17.6. The van der Waals surface area contributed by atoms with Crippen LogP contribution in [0.25, 0.3) is 0 Å². The van der Waals surface area contributed by atoms with Gasteiger partial charge in [-0.15, -0.1) is 0 Å². The summed E-state index contributed by atoms with van der Waals surface area (Å²) in [6.45, 7) is 4.43. The lowest BCUT2D eigenvalue weighted by Gasteiger charge is -2.30. The molecule has 4 heteroatoms. The number of hydrogen-bond acceptors (Lipinski definition) is 2. The maximum Gasteiger partial charge on any atom is 0.242 e. The van der Waals surface area contributed by atoms with Gasteiger partial charge in [-0.2, -0.15) is 0 Å². The lowest BCUT2D eigenvalue weighted by molar-refractivity contribution is -0.141. The van der Waals surface area contributed by atoms with Crippen LogP contribution in [0, 0.1) is 6.92 Å². The minimum Gasteiger partial charge on any atom is -0.357 e. The van der Waals surface area contributed by atoms with Crippen LogP contribution in [0.15, 0.2) is 54.6 Å². The van der Waals surface area contributed by atoms with Crippen molar-refractivity contribution in [2.75, 3.05) is 7.05 Å². The summed E-state index contributed by atoms with van der Waals surface area (Å²) in [6.07, 6.45) is 1.65. The van der Waals surface area contributed by atoms with Gasteiger partial charge in [0.25, 0.3) is 0 Å². The van der Waals surface area contributed by atoms with Gasteiger partial charge in [0.2, 0.25) is 11.8 Å². The summed E-state index contributed by atoms with van der Waals surface area (Å²) >= 11 is 0. The van der Waals surface area contributed by atoms with Crippen molar-refractivity contribution in [3.8, 4) is 0 Å². The van der Waals surface area contributed by atoms with Crippen molar-refractivity contribution in [3.05, 3.63) is 71.3 Å². The zero-order valence-corrected chi connectivity index (χ0v) is 15.9. The molecule has 0 saturated heterocycles. The van der Waals surface area contributed by atoms with Crippen LogP contribution in [-0.4, -0.2) is 29.8 Å². The first kappa shape index (κ1) is 19.7. The fourth-order valence-electron chi connectivity index (χ4n) is 3.02. The maximum absolute atomic E-state index is 13.0. The Labute approximate surface area is 156 Å². The Kier molecular flexibility index (Phi) is 7.39. The topological polar surface area (TPSA) is 49.4 Å². The first-order chi connectivity index (χ1) is 12.5. The largest absolute Gasteiger partial charge is 0.357 e. The number of nitrogens with one attached hydrogen (secondary N) is 1. The minimum absolute atomic E-state index is 0.00452. The minimum atomic E-state index is -0.453. The van der Waals surface area contributed by atoms with Crippen LogP contribution in [-0.2, 0) is 22.6 Å². The average molecular weight is 352 g/mol. The molecule has 2 rings (SSSR count). The van der Waals surface area contributed by atoms with Gasteiger partial charge >= 0.3 is 0 Å². The summed E-state index contributed by atoms with van der Waals surface area (Å²) in [4.78, 5) is 27.0. The predicted molar refractivity (Wildman–Crippen MR) is 105 cm³/mol. The van der Waals surface area contributed by atoms with Crippen molar-refractivity contribution >= 4 is 11.8 Å². The SMILES string of the molecule is CC[C@@H](C(=O)NC)N(Cc1ccccc1)C(=O)CCc1ccc(C)cc1. The second kappa shape index (κ2) is 9.76. The highest BCUT2D eigenvalue weighted by molar-refractivity contribution is 5.87. The lowest BCUT2D eigenvalue weighted by atomic mass is 10.1. The number of likely N-dealkylation sites (N-methyl/N-ethyl adjacent to an activating group) is 1. The summed E-state index contributed by atoms with van der Waals surface area (Å²) in [7, 11) is 1.61. The van der Waals surface area contributed by atoms with Crippen molar-refractivity contribution in [2.45, 2.75) is 45.7 Å². The van der Waals surface area contributed by atoms with Gasteiger partial charge in [-0.25, -0.2) is 0 Å². The van der Waals surface area contributed by atoms with Gasteiger partial charge in [0.1, 0.15) is 6.04 Å². The fourth-order valence-corrected chi connectivity index (χ4v) is 3.02. The van der Waals surface area contributed by atoms with E-state index in [0.717, 1.165) is 11.1 Å². The molecule has 0 aliphatic rings. The number of nitrogens with zero attached hydrogens (tertiary/aromatic N) is 1. The molecule has 0 saturated carbocycles. The van der Waals surface area contributed by atoms with Crippen molar-refractivity contribution < 1.29 is 9.59 Å². The molecule has 0 aromatic heterocycles. The first-order valence-corrected chi connectivity index (χ1v) is 9.15. The van der Waals surface area contributed by atoms with Gasteiger partial charge in [0.15, 0.2) is 0 Å². The number of hydrogen-bond donors (Lipinski definition) is 1. The second-order valence-corrected chi connectivity index (χ2v) is 6.53. The van der Waals surface area contributed by atoms with Crippen molar-refractivity contribution in [2.24, 2.45) is 0 Å². The molecule has 2 amide bonds. The van der Waals surface area contributed by atoms with Crippen molar-refractivity contribution in [1.29, 1.82) is 0 Å². The highest BCUT2D eigenvalue weighted by Gasteiger charge is 2.27. The molecule has 1 N–H and O–H groups in total. The Hall–Kier alpha value is -2.62. The second-order valence-electron chi connectivity index (χ2n) is 6.53. The molecule has 0 unspecified atom stereocenters. The molecule has 2 aromatic carbocycles. The van der Waals surface area contributed by atoms with Gasteiger partial charge in [-0.3, -0.25) is 9.59 Å². The van der Waals surface area contributed by atoms with E-state index in [1.54, 1.807) is 11.9 Å². The van der Waals surface area contributed by atoms with Crippen LogP contribution in [0.1, 0.15) is 36.5 Å². The van der Waals surface area contributed by atoms with E-state index >= 15 is 0 Å². The third-order valence-corrected chi connectivity index (χ3v) is 4.58. The summed E-state index contributed by atoms with van der Waals surface area (Å²) in [5.74, 6) is -0.114. The van der Waals surface area contributed by atoms with Crippen LogP contribution in [0.2, 0.25) is 0 Å². The highest BCUT2D eigenvalue weighted by atomic mass is 16.2. The molecular formula is C22H28N2O2. The normalized spacial score (nSPS) is 11.7. The highest BCUT2D eigenvalue weighted by Crippen LogP contribution is 2.15. The fraction of sp³-hybridized carbons (Fsp3) is 0.364. The van der Waals surface area contributed by atoms with E-state index in [0.29, 0.717) is 25.8 Å². The molecule has 0 heterocycles. The van der Waals surface area contributed by atoms with Crippen LogP contribution in [0.4, 0.5) is 0 Å². The number of aryl methyl sites for hydroxylation is 2. The molecule has 4 nitrogen and oxygen atoms in total. The Morgan fingerprint density at radius 3 is 2.23 bits per heavy atom. The van der Waals surface area contributed by atoms with Crippen LogP contribution >= 0.6 is 0 Å².